The third-order valence-corrected chi connectivity index (χ3v) is 4.85. The van der Waals surface area contributed by atoms with Crippen LogP contribution in [0.2, 0.25) is 0 Å². The van der Waals surface area contributed by atoms with E-state index in [-0.39, 0.29) is 17.6 Å². The van der Waals surface area contributed by atoms with Crippen molar-refractivity contribution < 1.29 is 19.4 Å². The number of anilines is 1. The molecular weight excluding hydrogens is 450 g/mol. The van der Waals surface area contributed by atoms with Gasteiger partial charge in [-0.1, -0.05) is 18.2 Å². The molecule has 0 bridgehead atoms. The summed E-state index contributed by atoms with van der Waals surface area (Å²) < 4.78 is 5.60. The first kappa shape index (κ1) is 21.4. The van der Waals surface area contributed by atoms with Crippen LogP contribution >= 0.6 is 15.9 Å². The van der Waals surface area contributed by atoms with Gasteiger partial charge in [0, 0.05) is 23.4 Å². The molecule has 0 aromatic heterocycles. The van der Waals surface area contributed by atoms with E-state index in [1.54, 1.807) is 60.7 Å². The molecule has 3 rings (SSSR count). The molecule has 3 aromatic carbocycles. The van der Waals surface area contributed by atoms with E-state index in [0.717, 1.165) is 5.56 Å². The van der Waals surface area contributed by atoms with Crippen molar-refractivity contribution in [2.24, 2.45) is 0 Å². The van der Waals surface area contributed by atoms with Crippen molar-refractivity contribution in [2.75, 3.05) is 12.4 Å². The predicted molar refractivity (Wildman–Crippen MR) is 118 cm³/mol. The summed E-state index contributed by atoms with van der Waals surface area (Å²) in [6.45, 7) is 0.326. The lowest BCUT2D eigenvalue weighted by Gasteiger charge is -2.11. The molecule has 7 nitrogen and oxygen atoms in total. The van der Waals surface area contributed by atoms with Crippen LogP contribution in [0.1, 0.15) is 26.3 Å². The van der Waals surface area contributed by atoms with Gasteiger partial charge in [-0.25, -0.2) is 5.43 Å². The van der Waals surface area contributed by atoms with Crippen molar-refractivity contribution in [2.45, 2.75) is 6.54 Å². The second-order valence-corrected chi connectivity index (χ2v) is 7.19. The zero-order valence-electron chi connectivity index (χ0n) is 16.1. The van der Waals surface area contributed by atoms with Crippen molar-refractivity contribution in [1.29, 1.82) is 0 Å². The summed E-state index contributed by atoms with van der Waals surface area (Å²) >= 11 is 3.26. The Morgan fingerprint density at radius 1 is 0.967 bits per heavy atom. The fourth-order valence-corrected chi connectivity index (χ4v) is 3.17. The van der Waals surface area contributed by atoms with Crippen LogP contribution < -0.4 is 20.9 Å². The lowest BCUT2D eigenvalue weighted by atomic mass is 10.1. The number of carbonyl (C=O) groups excluding carboxylic acids is 2. The van der Waals surface area contributed by atoms with Crippen LogP contribution in [0.15, 0.2) is 71.2 Å². The smallest absolute Gasteiger partial charge is 0.265 e. The fraction of sp³-hybridized carbons (Fsp3) is 0.0909. The van der Waals surface area contributed by atoms with Crippen LogP contribution in [0.4, 0.5) is 5.69 Å². The van der Waals surface area contributed by atoms with Crippen LogP contribution in [-0.4, -0.2) is 24.0 Å². The molecule has 0 unspecified atom stereocenters. The summed E-state index contributed by atoms with van der Waals surface area (Å²) in [4.78, 5) is 24.5. The molecule has 2 amide bonds. The summed E-state index contributed by atoms with van der Waals surface area (Å²) in [5.41, 5.74) is 7.83. The highest BCUT2D eigenvalue weighted by molar-refractivity contribution is 9.10. The van der Waals surface area contributed by atoms with Crippen LogP contribution in [0.5, 0.6) is 11.5 Å². The second-order valence-electron chi connectivity index (χ2n) is 6.33. The van der Waals surface area contributed by atoms with Crippen LogP contribution in [-0.2, 0) is 6.54 Å². The Morgan fingerprint density at radius 2 is 1.63 bits per heavy atom. The number of ether oxygens (including phenoxy) is 1. The zero-order chi connectivity index (χ0) is 21.5. The third kappa shape index (κ3) is 5.37. The Bertz CT molecular complexity index is 1040. The molecule has 0 saturated heterocycles. The van der Waals surface area contributed by atoms with Crippen molar-refractivity contribution >= 4 is 33.4 Å². The standard InChI is InChI=1S/C22H20BrN3O4/c1-30-19-12-14(11-18(23)20(19)27)13-24-26-22(29)16-7-9-17(10-8-16)25-21(28)15-5-3-2-4-6-15/h2-12,24,27H,13H2,1H3,(H,25,28)(H,26,29). The van der Waals surface area contributed by atoms with E-state index in [2.05, 4.69) is 32.1 Å². The average molecular weight is 470 g/mol. The maximum Gasteiger partial charge on any atom is 0.265 e. The average Bonchev–Trinajstić information content (AvgIpc) is 2.77. The third-order valence-electron chi connectivity index (χ3n) is 4.24. The highest BCUT2D eigenvalue weighted by atomic mass is 79.9. The van der Waals surface area contributed by atoms with Crippen LogP contribution in [0.25, 0.3) is 0 Å². The normalized spacial score (nSPS) is 10.3. The molecule has 0 aliphatic heterocycles. The molecule has 3 aromatic rings. The van der Waals surface area contributed by atoms with E-state index in [1.807, 2.05) is 6.07 Å². The number of amides is 2. The molecule has 0 atom stereocenters. The van der Waals surface area contributed by atoms with Gasteiger partial charge in [0.15, 0.2) is 11.5 Å². The largest absolute Gasteiger partial charge is 0.503 e. The highest BCUT2D eigenvalue weighted by Crippen LogP contribution is 2.35. The van der Waals surface area contributed by atoms with Crippen molar-refractivity contribution in [3.8, 4) is 11.5 Å². The monoisotopic (exact) mass is 469 g/mol. The summed E-state index contributed by atoms with van der Waals surface area (Å²) in [6.07, 6.45) is 0. The first-order chi connectivity index (χ1) is 14.5. The molecule has 0 fully saturated rings. The number of hydrogen-bond donors (Lipinski definition) is 4. The SMILES string of the molecule is COc1cc(CNNC(=O)c2ccc(NC(=O)c3ccccc3)cc2)cc(Br)c1O. The molecule has 0 aliphatic carbocycles. The Kier molecular flexibility index (Phi) is 7.05. The minimum absolute atomic E-state index is 0.0183. The maximum atomic E-state index is 12.3. The number of hydrogen-bond acceptors (Lipinski definition) is 5. The number of halogens is 1. The zero-order valence-corrected chi connectivity index (χ0v) is 17.7. The van der Waals surface area contributed by atoms with Crippen LogP contribution in [0.3, 0.4) is 0 Å². The summed E-state index contributed by atoms with van der Waals surface area (Å²) in [5, 5.41) is 12.6. The van der Waals surface area contributed by atoms with Gasteiger partial charge in [-0.2, -0.15) is 0 Å². The topological polar surface area (TPSA) is 99.7 Å². The first-order valence-corrected chi connectivity index (χ1v) is 9.82. The van der Waals surface area contributed by atoms with E-state index >= 15 is 0 Å². The van der Waals surface area contributed by atoms with Crippen molar-refractivity contribution in [1.82, 2.24) is 10.9 Å². The van der Waals surface area contributed by atoms with E-state index in [9.17, 15) is 14.7 Å². The fourth-order valence-electron chi connectivity index (χ4n) is 2.68. The van der Waals surface area contributed by atoms with Gasteiger partial charge in [-0.05, 0) is 70.0 Å². The Balaban J connectivity index is 1.54. The minimum Gasteiger partial charge on any atom is -0.503 e. The van der Waals surface area contributed by atoms with E-state index in [4.69, 9.17) is 4.74 Å². The lowest BCUT2D eigenvalue weighted by Crippen LogP contribution is -2.36. The molecule has 8 heteroatoms. The van der Waals surface area contributed by atoms with Crippen LogP contribution in [0, 0.1) is 0 Å². The Morgan fingerprint density at radius 3 is 2.30 bits per heavy atom. The Hall–Kier alpha value is -3.36. The maximum absolute atomic E-state index is 12.3. The lowest BCUT2D eigenvalue weighted by molar-refractivity contribution is 0.0931. The first-order valence-electron chi connectivity index (χ1n) is 9.03. The molecular formula is C22H20BrN3O4. The molecule has 0 saturated carbocycles. The molecule has 0 spiro atoms. The quantitative estimate of drug-likeness (QED) is 0.393. The van der Waals surface area contributed by atoms with Gasteiger partial charge in [-0.3, -0.25) is 15.0 Å². The number of phenols is 1. The van der Waals surface area contributed by atoms with Gasteiger partial charge in [0.05, 0.1) is 11.6 Å². The van der Waals surface area contributed by atoms with E-state index in [0.29, 0.717) is 33.6 Å². The van der Waals surface area contributed by atoms with Gasteiger partial charge in [0.1, 0.15) is 0 Å². The minimum atomic E-state index is -0.319. The van der Waals surface area contributed by atoms with Gasteiger partial charge in [0.25, 0.3) is 11.8 Å². The molecule has 30 heavy (non-hydrogen) atoms. The predicted octanol–water partition coefficient (Wildman–Crippen LogP) is 3.85. The molecule has 4 N–H and O–H groups in total. The highest BCUT2D eigenvalue weighted by Gasteiger charge is 2.10. The summed E-state index contributed by atoms with van der Waals surface area (Å²) in [5.74, 6) is -0.184. The van der Waals surface area contributed by atoms with E-state index < -0.39 is 0 Å². The molecule has 0 heterocycles. The number of phenolic OH excluding ortho intramolecular Hbond substituents is 1. The number of nitrogens with one attached hydrogen (secondary N) is 3. The Labute approximate surface area is 182 Å². The number of carbonyl (C=O) groups is 2. The molecule has 0 radical (unpaired) electrons. The summed E-state index contributed by atoms with van der Waals surface area (Å²) in [6, 6.07) is 18.9. The van der Waals surface area contributed by atoms with Gasteiger partial charge >= 0.3 is 0 Å². The number of benzene rings is 3. The van der Waals surface area contributed by atoms with E-state index in [1.165, 1.54) is 7.11 Å². The number of hydrazine groups is 1. The van der Waals surface area contributed by atoms with Gasteiger partial charge in [-0.15, -0.1) is 0 Å². The summed E-state index contributed by atoms with van der Waals surface area (Å²) in [7, 11) is 1.46. The second kappa shape index (κ2) is 9.91. The van der Waals surface area contributed by atoms with Gasteiger partial charge in [0.2, 0.25) is 0 Å². The van der Waals surface area contributed by atoms with Crippen molar-refractivity contribution in [3.05, 3.63) is 87.9 Å². The molecule has 0 aliphatic rings. The number of aromatic hydroxyl groups is 1. The van der Waals surface area contributed by atoms with Gasteiger partial charge < -0.3 is 15.2 Å². The van der Waals surface area contributed by atoms with Crippen molar-refractivity contribution in [3.63, 3.8) is 0 Å². The number of methoxy groups -OCH3 is 1. The number of rotatable bonds is 7. The molecule has 154 valence electrons.